The second-order valence-electron chi connectivity index (χ2n) is 9.25. The van der Waals surface area contributed by atoms with Gasteiger partial charge in [-0.2, -0.15) is 0 Å². The molecule has 158 valence electrons. The van der Waals surface area contributed by atoms with Gasteiger partial charge in [0.2, 0.25) is 0 Å². The van der Waals surface area contributed by atoms with E-state index in [0.29, 0.717) is 35.2 Å². The maximum atomic E-state index is 15.1. The summed E-state index contributed by atoms with van der Waals surface area (Å²) in [7, 11) is -1.95. The fourth-order valence-electron chi connectivity index (χ4n) is 2.97. The van der Waals surface area contributed by atoms with Crippen molar-refractivity contribution in [2.75, 3.05) is 19.7 Å². The third-order valence-corrected chi connectivity index (χ3v) is 10.5. The lowest BCUT2D eigenvalue weighted by molar-refractivity contribution is 0.241. The maximum Gasteiger partial charge on any atom is 0.316 e. The van der Waals surface area contributed by atoms with Crippen LogP contribution in [0.2, 0.25) is 18.1 Å². The first-order chi connectivity index (χ1) is 13.7. The van der Waals surface area contributed by atoms with Gasteiger partial charge in [-0.25, -0.2) is 14.4 Å². The third-order valence-electron chi connectivity index (χ3n) is 6.02. The molecule has 3 rings (SSSR count). The van der Waals surface area contributed by atoms with E-state index in [2.05, 4.69) is 49.1 Å². The molecule has 1 aromatic heterocycles. The number of benzene rings is 1. The molecule has 1 aliphatic heterocycles. The molecule has 0 saturated carbocycles. The maximum absolute atomic E-state index is 15.1. The van der Waals surface area contributed by atoms with Gasteiger partial charge in [0.15, 0.2) is 8.32 Å². The van der Waals surface area contributed by atoms with Gasteiger partial charge in [0, 0.05) is 41.5 Å². The van der Waals surface area contributed by atoms with Crippen LogP contribution in [0.5, 0.6) is 6.01 Å². The van der Waals surface area contributed by atoms with Gasteiger partial charge in [0.1, 0.15) is 5.82 Å². The van der Waals surface area contributed by atoms with Crippen LogP contribution in [0, 0.1) is 11.7 Å². The fraction of sp³-hybridized carbons (Fsp3) is 0.545. The first-order valence-corrected chi connectivity index (χ1v) is 13.2. The van der Waals surface area contributed by atoms with Gasteiger partial charge >= 0.3 is 6.01 Å². The van der Waals surface area contributed by atoms with E-state index < -0.39 is 8.32 Å². The van der Waals surface area contributed by atoms with Gasteiger partial charge in [0.05, 0.1) is 13.2 Å². The first kappa shape index (κ1) is 21.9. The average Bonchev–Trinajstić information content (AvgIpc) is 3.19. The molecule has 1 unspecified atom stereocenters. The number of halogens is 1. The molecule has 0 amide bonds. The Labute approximate surface area is 174 Å². The van der Waals surface area contributed by atoms with Gasteiger partial charge in [-0.1, -0.05) is 39.0 Å². The molecule has 1 saturated heterocycles. The third kappa shape index (κ3) is 5.41. The number of hydrogen-bond acceptors (Lipinski definition) is 5. The quantitative estimate of drug-likeness (QED) is 0.656. The number of nitrogens with zero attached hydrogens (tertiary/aromatic N) is 2. The van der Waals surface area contributed by atoms with E-state index in [1.54, 1.807) is 24.5 Å². The molecule has 1 aromatic carbocycles. The lowest BCUT2D eigenvalue weighted by atomic mass is 10.1. The van der Waals surface area contributed by atoms with Crippen LogP contribution in [0.15, 0.2) is 30.6 Å². The molecular formula is C22H32FN3O2Si. The SMILES string of the molecule is CC(C)(C)[Si](C)(C)OCc1cccc(-c2cnc(OCC3CCNC3)nc2)c1F. The fourth-order valence-corrected chi connectivity index (χ4v) is 3.92. The summed E-state index contributed by atoms with van der Waals surface area (Å²) in [6.07, 6.45) is 4.34. The summed E-state index contributed by atoms with van der Waals surface area (Å²) in [5.41, 5.74) is 1.67. The van der Waals surface area contributed by atoms with E-state index in [1.807, 2.05) is 6.07 Å². The Morgan fingerprint density at radius 3 is 2.55 bits per heavy atom. The number of aromatic nitrogens is 2. The molecule has 1 aliphatic rings. The Morgan fingerprint density at radius 1 is 1.21 bits per heavy atom. The molecule has 29 heavy (non-hydrogen) atoms. The van der Waals surface area contributed by atoms with Crippen molar-refractivity contribution in [3.63, 3.8) is 0 Å². The second kappa shape index (κ2) is 8.89. The van der Waals surface area contributed by atoms with E-state index >= 15 is 4.39 Å². The van der Waals surface area contributed by atoms with Crippen LogP contribution in [0.3, 0.4) is 0 Å². The predicted molar refractivity (Wildman–Crippen MR) is 116 cm³/mol. The molecule has 7 heteroatoms. The topological polar surface area (TPSA) is 56.3 Å². The minimum absolute atomic E-state index is 0.0827. The number of nitrogens with one attached hydrogen (secondary N) is 1. The number of ether oxygens (including phenoxy) is 1. The molecule has 0 aliphatic carbocycles. The van der Waals surface area contributed by atoms with Crippen LogP contribution in [-0.4, -0.2) is 38.0 Å². The lowest BCUT2D eigenvalue weighted by Gasteiger charge is -2.36. The summed E-state index contributed by atoms with van der Waals surface area (Å²) in [5.74, 6) is 0.216. The van der Waals surface area contributed by atoms with Crippen LogP contribution in [0.1, 0.15) is 32.8 Å². The van der Waals surface area contributed by atoms with Gasteiger partial charge < -0.3 is 14.5 Å². The van der Waals surface area contributed by atoms with Crippen LogP contribution in [0.25, 0.3) is 11.1 Å². The molecule has 5 nitrogen and oxygen atoms in total. The van der Waals surface area contributed by atoms with Crippen molar-refractivity contribution in [2.24, 2.45) is 5.92 Å². The van der Waals surface area contributed by atoms with E-state index in [0.717, 1.165) is 19.5 Å². The van der Waals surface area contributed by atoms with E-state index in [4.69, 9.17) is 9.16 Å². The van der Waals surface area contributed by atoms with Crippen molar-refractivity contribution in [1.82, 2.24) is 15.3 Å². The Kier molecular flexibility index (Phi) is 6.71. The smallest absolute Gasteiger partial charge is 0.316 e. The zero-order valence-corrected chi connectivity index (χ0v) is 19.1. The predicted octanol–water partition coefficient (Wildman–Crippen LogP) is 4.79. The molecule has 0 bridgehead atoms. The van der Waals surface area contributed by atoms with E-state index in [1.165, 1.54) is 0 Å². The largest absolute Gasteiger partial charge is 0.463 e. The van der Waals surface area contributed by atoms with Crippen LogP contribution < -0.4 is 10.1 Å². The van der Waals surface area contributed by atoms with Gasteiger partial charge in [0.25, 0.3) is 0 Å². The Bertz CT molecular complexity index is 816. The van der Waals surface area contributed by atoms with Gasteiger partial charge in [-0.3, -0.25) is 0 Å². The molecule has 0 radical (unpaired) electrons. The van der Waals surface area contributed by atoms with Crippen molar-refractivity contribution in [3.8, 4) is 17.1 Å². The van der Waals surface area contributed by atoms with Crippen molar-refractivity contribution >= 4 is 8.32 Å². The molecule has 2 heterocycles. The summed E-state index contributed by atoms with van der Waals surface area (Å²) in [6, 6.07) is 5.70. The molecule has 2 aromatic rings. The van der Waals surface area contributed by atoms with Crippen molar-refractivity contribution < 1.29 is 13.6 Å². The Balaban J connectivity index is 1.68. The summed E-state index contributed by atoms with van der Waals surface area (Å²) in [6.45, 7) is 13.7. The zero-order chi connectivity index (χ0) is 21.1. The Hall–Kier alpha value is -1.83. The van der Waals surface area contributed by atoms with Crippen molar-refractivity contribution in [3.05, 3.63) is 42.0 Å². The Morgan fingerprint density at radius 2 is 1.93 bits per heavy atom. The standard InChI is InChI=1S/C22H32FN3O2Si/c1-22(2,3)29(4,5)28-15-17-7-6-8-19(20(17)23)18-12-25-21(26-13-18)27-14-16-9-10-24-11-16/h6-8,12-13,16,24H,9-11,14-15H2,1-5H3. The van der Waals surface area contributed by atoms with Crippen LogP contribution in [-0.2, 0) is 11.0 Å². The van der Waals surface area contributed by atoms with Crippen LogP contribution >= 0.6 is 0 Å². The van der Waals surface area contributed by atoms with Crippen LogP contribution in [0.4, 0.5) is 4.39 Å². The van der Waals surface area contributed by atoms with E-state index in [9.17, 15) is 0 Å². The number of hydrogen-bond donors (Lipinski definition) is 1. The second-order valence-corrected chi connectivity index (χ2v) is 14.1. The highest BCUT2D eigenvalue weighted by Gasteiger charge is 2.37. The first-order valence-electron chi connectivity index (χ1n) is 10.2. The molecule has 0 spiro atoms. The van der Waals surface area contributed by atoms with Gasteiger partial charge in [-0.05, 0) is 31.1 Å². The highest BCUT2D eigenvalue weighted by atomic mass is 28.4. The minimum Gasteiger partial charge on any atom is -0.463 e. The summed E-state index contributed by atoms with van der Waals surface area (Å²) in [4.78, 5) is 8.52. The van der Waals surface area contributed by atoms with Gasteiger partial charge in [-0.15, -0.1) is 0 Å². The van der Waals surface area contributed by atoms with Crippen molar-refractivity contribution in [1.29, 1.82) is 0 Å². The molecule has 1 fully saturated rings. The molecule has 1 atom stereocenters. The van der Waals surface area contributed by atoms with Crippen molar-refractivity contribution in [2.45, 2.75) is 51.9 Å². The monoisotopic (exact) mass is 417 g/mol. The normalized spacial score (nSPS) is 17.5. The number of rotatable bonds is 7. The molecular weight excluding hydrogens is 385 g/mol. The lowest BCUT2D eigenvalue weighted by Crippen LogP contribution is -2.40. The zero-order valence-electron chi connectivity index (χ0n) is 18.1. The average molecular weight is 418 g/mol. The highest BCUT2D eigenvalue weighted by molar-refractivity contribution is 6.74. The minimum atomic E-state index is -1.95. The highest BCUT2D eigenvalue weighted by Crippen LogP contribution is 2.37. The molecule has 1 N–H and O–H groups in total. The van der Waals surface area contributed by atoms with E-state index in [-0.39, 0.29) is 17.5 Å². The summed E-state index contributed by atoms with van der Waals surface area (Å²) in [5, 5.41) is 3.39. The summed E-state index contributed by atoms with van der Waals surface area (Å²) < 4.78 is 27.0. The summed E-state index contributed by atoms with van der Waals surface area (Å²) >= 11 is 0.